The molecule has 2 nitrogen and oxygen atoms in total. The second-order valence-electron chi connectivity index (χ2n) is 9.19. The topological polar surface area (TPSA) is 37.3 Å². The van der Waals surface area contributed by atoms with Gasteiger partial charge in [-0.1, -0.05) is 6.92 Å². The van der Waals surface area contributed by atoms with Gasteiger partial charge in [-0.2, -0.15) is 0 Å². The third-order valence-corrected chi connectivity index (χ3v) is 8.42. The van der Waals surface area contributed by atoms with E-state index in [1.807, 2.05) is 6.92 Å². The zero-order valence-electron chi connectivity index (χ0n) is 14.3. The molecule has 0 aromatic carbocycles. The van der Waals surface area contributed by atoms with Crippen molar-refractivity contribution in [2.75, 3.05) is 0 Å². The molecule has 4 rings (SSSR count). The van der Waals surface area contributed by atoms with Gasteiger partial charge in [-0.25, -0.2) is 0 Å². The molecule has 2 heteroatoms. The van der Waals surface area contributed by atoms with Crippen molar-refractivity contribution in [2.24, 2.45) is 40.9 Å². The first-order valence-corrected chi connectivity index (χ1v) is 9.69. The number of rotatable bonds is 1. The summed E-state index contributed by atoms with van der Waals surface area (Å²) in [5.41, 5.74) is 0.300. The van der Waals surface area contributed by atoms with Gasteiger partial charge in [-0.15, -0.1) is 0 Å². The lowest BCUT2D eigenvalue weighted by atomic mass is 9.49. The number of carbonyl (C=O) groups excluding carboxylic acids is 1. The molecule has 4 aliphatic carbocycles. The average Bonchev–Trinajstić information content (AvgIpc) is 2.84. The summed E-state index contributed by atoms with van der Waals surface area (Å²) in [6, 6.07) is 0. The molecule has 4 aliphatic rings. The molecular weight excluding hydrogens is 272 g/mol. The fourth-order valence-corrected chi connectivity index (χ4v) is 7.50. The standard InChI is InChI=1S/C20H32O2/c1-12(21)18-7-8-19-17-5-3-13-11-14(22)4-6-15(13)16(17)9-10-20(18,19)2/h13-19,22H,3-11H2,1-2H3/t13-,14-,15+,16?,17?,18-,19?,20-/m1/s1. The Morgan fingerprint density at radius 1 is 0.955 bits per heavy atom. The van der Waals surface area contributed by atoms with Crippen molar-refractivity contribution in [1.29, 1.82) is 0 Å². The number of aliphatic hydroxyl groups is 1. The van der Waals surface area contributed by atoms with Gasteiger partial charge in [0.2, 0.25) is 0 Å². The molecule has 0 amide bonds. The van der Waals surface area contributed by atoms with E-state index in [1.54, 1.807) is 0 Å². The fourth-order valence-electron chi connectivity index (χ4n) is 7.50. The monoisotopic (exact) mass is 304 g/mol. The molecule has 0 spiro atoms. The van der Waals surface area contributed by atoms with Crippen molar-refractivity contribution in [1.82, 2.24) is 0 Å². The third kappa shape index (κ3) is 2.12. The lowest BCUT2D eigenvalue weighted by molar-refractivity contribution is -0.128. The van der Waals surface area contributed by atoms with E-state index in [2.05, 4.69) is 6.92 Å². The van der Waals surface area contributed by atoms with Crippen LogP contribution in [0.1, 0.15) is 71.6 Å². The molecular formula is C20H32O2. The molecule has 1 N–H and O–H groups in total. The van der Waals surface area contributed by atoms with Crippen LogP contribution in [-0.2, 0) is 4.79 Å². The van der Waals surface area contributed by atoms with E-state index >= 15 is 0 Å². The summed E-state index contributed by atoms with van der Waals surface area (Å²) in [6.45, 7) is 4.26. The molecule has 4 saturated carbocycles. The summed E-state index contributed by atoms with van der Waals surface area (Å²) in [5.74, 6) is 5.02. The van der Waals surface area contributed by atoms with Crippen LogP contribution in [0, 0.1) is 40.9 Å². The van der Waals surface area contributed by atoms with Crippen LogP contribution >= 0.6 is 0 Å². The summed E-state index contributed by atoms with van der Waals surface area (Å²) < 4.78 is 0. The molecule has 0 aromatic heterocycles. The molecule has 124 valence electrons. The van der Waals surface area contributed by atoms with Gasteiger partial charge >= 0.3 is 0 Å². The van der Waals surface area contributed by atoms with Crippen LogP contribution < -0.4 is 0 Å². The summed E-state index contributed by atoms with van der Waals surface area (Å²) in [4.78, 5) is 12.1. The van der Waals surface area contributed by atoms with Crippen LogP contribution in [0.15, 0.2) is 0 Å². The highest BCUT2D eigenvalue weighted by Crippen LogP contribution is 2.64. The van der Waals surface area contributed by atoms with Gasteiger partial charge in [0.05, 0.1) is 6.10 Å². The van der Waals surface area contributed by atoms with Gasteiger partial charge in [0.25, 0.3) is 0 Å². The normalized spacial score (nSPS) is 54.2. The molecule has 4 fully saturated rings. The van der Waals surface area contributed by atoms with Crippen LogP contribution in [0.4, 0.5) is 0 Å². The summed E-state index contributed by atoms with van der Waals surface area (Å²) in [6.07, 6.45) is 11.1. The third-order valence-electron chi connectivity index (χ3n) is 8.42. The van der Waals surface area contributed by atoms with E-state index in [0.717, 1.165) is 48.9 Å². The number of hydrogen-bond donors (Lipinski definition) is 1. The predicted octanol–water partition coefficient (Wildman–Crippen LogP) is 4.21. The van der Waals surface area contributed by atoms with Gasteiger partial charge in [0.1, 0.15) is 5.78 Å². The number of fused-ring (bicyclic) bond motifs is 5. The molecule has 0 radical (unpaired) electrons. The number of Topliss-reactive ketones (excluding diaryl/α,β-unsaturated/α-hetero) is 1. The van der Waals surface area contributed by atoms with Crippen molar-refractivity contribution in [2.45, 2.75) is 77.7 Å². The van der Waals surface area contributed by atoms with E-state index in [4.69, 9.17) is 0 Å². The molecule has 0 saturated heterocycles. The number of hydrogen-bond acceptors (Lipinski definition) is 2. The maximum Gasteiger partial charge on any atom is 0.133 e. The minimum absolute atomic E-state index is 0.0276. The first kappa shape index (κ1) is 15.2. The second-order valence-corrected chi connectivity index (χ2v) is 9.19. The summed E-state index contributed by atoms with van der Waals surface area (Å²) >= 11 is 0. The van der Waals surface area contributed by atoms with Gasteiger partial charge in [-0.3, -0.25) is 4.79 Å². The quantitative estimate of drug-likeness (QED) is 0.788. The molecule has 0 aliphatic heterocycles. The Bertz CT molecular complexity index is 459. The Kier molecular flexibility index (Phi) is 3.67. The Morgan fingerprint density at radius 3 is 2.50 bits per heavy atom. The van der Waals surface area contributed by atoms with Gasteiger partial charge in [0, 0.05) is 5.92 Å². The molecule has 8 atom stereocenters. The SMILES string of the molecule is CC(=O)[C@H]1CCC2C3CC[C@@H]4C[C@H](O)CC[C@@H]4C3CC[C@@]21C. The van der Waals surface area contributed by atoms with Gasteiger partial charge < -0.3 is 5.11 Å². The Hall–Kier alpha value is -0.370. The Balaban J connectivity index is 1.56. The molecule has 22 heavy (non-hydrogen) atoms. The van der Waals surface area contributed by atoms with Crippen LogP contribution in [0.5, 0.6) is 0 Å². The molecule has 0 bridgehead atoms. The largest absolute Gasteiger partial charge is 0.393 e. The van der Waals surface area contributed by atoms with E-state index in [0.29, 0.717) is 17.1 Å². The van der Waals surface area contributed by atoms with E-state index in [1.165, 1.54) is 38.5 Å². The highest BCUT2D eigenvalue weighted by atomic mass is 16.3. The van der Waals surface area contributed by atoms with E-state index < -0.39 is 0 Å². The first-order valence-electron chi connectivity index (χ1n) is 9.69. The van der Waals surface area contributed by atoms with Crippen molar-refractivity contribution in [3.63, 3.8) is 0 Å². The van der Waals surface area contributed by atoms with Gasteiger partial charge in [-0.05, 0) is 99.7 Å². The van der Waals surface area contributed by atoms with E-state index in [9.17, 15) is 9.90 Å². The maximum absolute atomic E-state index is 12.1. The summed E-state index contributed by atoms with van der Waals surface area (Å²) in [5, 5.41) is 9.99. The minimum Gasteiger partial charge on any atom is -0.393 e. The number of carbonyl (C=O) groups is 1. The number of ketones is 1. The van der Waals surface area contributed by atoms with Crippen molar-refractivity contribution in [3.05, 3.63) is 0 Å². The zero-order valence-corrected chi connectivity index (χ0v) is 14.3. The van der Waals surface area contributed by atoms with E-state index in [-0.39, 0.29) is 6.10 Å². The molecule has 3 unspecified atom stereocenters. The van der Waals surface area contributed by atoms with Crippen molar-refractivity contribution in [3.8, 4) is 0 Å². The zero-order chi connectivity index (χ0) is 15.5. The van der Waals surface area contributed by atoms with Crippen molar-refractivity contribution < 1.29 is 9.90 Å². The lowest BCUT2D eigenvalue weighted by Gasteiger charge is -2.56. The molecule has 0 aromatic rings. The smallest absolute Gasteiger partial charge is 0.133 e. The summed E-state index contributed by atoms with van der Waals surface area (Å²) in [7, 11) is 0. The number of aliphatic hydroxyl groups excluding tert-OH is 1. The van der Waals surface area contributed by atoms with Crippen LogP contribution in [0.2, 0.25) is 0 Å². The predicted molar refractivity (Wildman–Crippen MR) is 87.3 cm³/mol. The Morgan fingerprint density at radius 2 is 1.73 bits per heavy atom. The fraction of sp³-hybridized carbons (Fsp3) is 0.950. The average molecular weight is 304 g/mol. The van der Waals surface area contributed by atoms with Crippen LogP contribution in [0.3, 0.4) is 0 Å². The van der Waals surface area contributed by atoms with Crippen LogP contribution in [-0.4, -0.2) is 17.0 Å². The van der Waals surface area contributed by atoms with Crippen LogP contribution in [0.25, 0.3) is 0 Å². The maximum atomic E-state index is 12.1. The Labute approximate surface area is 135 Å². The highest BCUT2D eigenvalue weighted by Gasteiger charge is 2.57. The highest BCUT2D eigenvalue weighted by molar-refractivity contribution is 5.79. The first-order chi connectivity index (χ1) is 10.5. The van der Waals surface area contributed by atoms with Gasteiger partial charge in [0.15, 0.2) is 0 Å². The molecule has 0 heterocycles. The minimum atomic E-state index is -0.0276. The van der Waals surface area contributed by atoms with Crippen molar-refractivity contribution >= 4 is 5.78 Å². The lowest BCUT2D eigenvalue weighted by Crippen LogP contribution is -2.49. The second kappa shape index (κ2) is 5.33.